The molecule has 0 aliphatic carbocycles. The summed E-state index contributed by atoms with van der Waals surface area (Å²) in [4.78, 5) is 0. The van der Waals surface area contributed by atoms with Crippen molar-refractivity contribution < 1.29 is 9.94 Å². The van der Waals surface area contributed by atoms with Gasteiger partial charge in [-0.1, -0.05) is 35.8 Å². The van der Waals surface area contributed by atoms with Crippen LogP contribution < -0.4 is 10.5 Å². The molecule has 0 saturated carbocycles. The molecule has 0 aliphatic rings. The molecule has 0 spiro atoms. The fourth-order valence-electron chi connectivity index (χ4n) is 2.05. The van der Waals surface area contributed by atoms with Crippen molar-refractivity contribution in [2.24, 2.45) is 10.9 Å². The molecule has 2 aromatic carbocycles. The van der Waals surface area contributed by atoms with Crippen LogP contribution in [0, 0.1) is 6.92 Å². The third-order valence-corrected chi connectivity index (χ3v) is 3.58. The number of hydrogen-bond donors (Lipinski definition) is 2. The second-order valence-electron chi connectivity index (χ2n) is 4.65. The fourth-order valence-corrected chi connectivity index (χ4v) is 2.30. The Hall–Kier alpha value is -2.20. The van der Waals surface area contributed by atoms with Gasteiger partial charge in [-0.25, -0.2) is 0 Å². The summed E-state index contributed by atoms with van der Waals surface area (Å²) in [6.45, 7) is 3.93. The molecule has 0 aliphatic heterocycles. The van der Waals surface area contributed by atoms with E-state index >= 15 is 0 Å². The standard InChI is InChI=1S/C16H17ClN2O2/c1-3-11-9-12(7-8-14(11)17)21-15-10(2)5-4-6-13(15)16(18)19-20/h4-9,20H,3H2,1-2H3,(H2,18,19). The maximum absolute atomic E-state index is 8.88. The minimum absolute atomic E-state index is 0.0124. The molecular formula is C16H17ClN2O2. The molecule has 0 amide bonds. The van der Waals surface area contributed by atoms with Gasteiger partial charge in [0.15, 0.2) is 5.84 Å². The Balaban J connectivity index is 2.44. The number of halogens is 1. The smallest absolute Gasteiger partial charge is 0.173 e. The van der Waals surface area contributed by atoms with E-state index in [4.69, 9.17) is 27.3 Å². The van der Waals surface area contributed by atoms with Crippen molar-refractivity contribution in [3.05, 3.63) is 58.1 Å². The van der Waals surface area contributed by atoms with Crippen LogP contribution in [0.15, 0.2) is 41.6 Å². The Kier molecular flexibility index (Phi) is 4.70. The molecule has 2 aromatic rings. The van der Waals surface area contributed by atoms with Crippen molar-refractivity contribution >= 4 is 17.4 Å². The third kappa shape index (κ3) is 3.28. The summed E-state index contributed by atoms with van der Waals surface area (Å²) in [6, 6.07) is 11.0. The third-order valence-electron chi connectivity index (χ3n) is 3.21. The predicted octanol–water partition coefficient (Wildman–Crippen LogP) is 4.10. The van der Waals surface area contributed by atoms with E-state index in [9.17, 15) is 0 Å². The maximum Gasteiger partial charge on any atom is 0.173 e. The van der Waals surface area contributed by atoms with Gasteiger partial charge in [0.25, 0.3) is 0 Å². The molecule has 0 fully saturated rings. The lowest BCUT2D eigenvalue weighted by Gasteiger charge is -2.14. The highest BCUT2D eigenvalue weighted by atomic mass is 35.5. The number of aryl methyl sites for hydroxylation is 2. The van der Waals surface area contributed by atoms with Crippen LogP contribution in [-0.2, 0) is 6.42 Å². The summed E-state index contributed by atoms with van der Waals surface area (Å²) in [5, 5.41) is 12.6. The van der Waals surface area contributed by atoms with Crippen LogP contribution in [0.2, 0.25) is 5.02 Å². The lowest BCUT2D eigenvalue weighted by Crippen LogP contribution is -2.14. The SMILES string of the molecule is CCc1cc(Oc2c(C)cccc2/C(N)=N/O)ccc1Cl. The molecule has 21 heavy (non-hydrogen) atoms. The molecule has 2 rings (SSSR count). The number of rotatable bonds is 4. The minimum atomic E-state index is 0.0124. The van der Waals surface area contributed by atoms with E-state index in [1.165, 1.54) is 0 Å². The first-order valence-electron chi connectivity index (χ1n) is 6.60. The van der Waals surface area contributed by atoms with E-state index in [1.54, 1.807) is 18.2 Å². The first-order chi connectivity index (χ1) is 10.1. The number of ether oxygens (including phenoxy) is 1. The molecule has 0 aromatic heterocycles. The van der Waals surface area contributed by atoms with E-state index in [2.05, 4.69) is 5.16 Å². The summed E-state index contributed by atoms with van der Waals surface area (Å²) in [7, 11) is 0. The second kappa shape index (κ2) is 6.50. The first kappa shape index (κ1) is 15.2. The van der Waals surface area contributed by atoms with Crippen molar-refractivity contribution in [1.82, 2.24) is 0 Å². The highest BCUT2D eigenvalue weighted by molar-refractivity contribution is 6.31. The number of nitrogens with two attached hydrogens (primary N) is 1. The van der Waals surface area contributed by atoms with Crippen LogP contribution in [0.3, 0.4) is 0 Å². The average molecular weight is 305 g/mol. The topological polar surface area (TPSA) is 67.8 Å². The number of hydrogen-bond acceptors (Lipinski definition) is 3. The van der Waals surface area contributed by atoms with Gasteiger partial charge in [-0.05, 0) is 48.7 Å². The van der Waals surface area contributed by atoms with Crippen molar-refractivity contribution in [3.63, 3.8) is 0 Å². The molecule has 0 unspecified atom stereocenters. The molecule has 5 heteroatoms. The first-order valence-corrected chi connectivity index (χ1v) is 6.98. The van der Waals surface area contributed by atoms with Crippen LogP contribution in [-0.4, -0.2) is 11.0 Å². The van der Waals surface area contributed by atoms with Gasteiger partial charge in [0.05, 0.1) is 5.56 Å². The summed E-state index contributed by atoms with van der Waals surface area (Å²) < 4.78 is 5.93. The molecule has 110 valence electrons. The Morgan fingerprint density at radius 1 is 1.33 bits per heavy atom. The van der Waals surface area contributed by atoms with E-state index in [0.717, 1.165) is 17.5 Å². The van der Waals surface area contributed by atoms with Gasteiger partial charge in [-0.15, -0.1) is 0 Å². The number of amidine groups is 1. The number of oxime groups is 1. The molecule has 3 N–H and O–H groups in total. The normalized spacial score (nSPS) is 11.5. The number of para-hydroxylation sites is 1. The van der Waals surface area contributed by atoms with Gasteiger partial charge in [0.1, 0.15) is 11.5 Å². The fraction of sp³-hybridized carbons (Fsp3) is 0.188. The van der Waals surface area contributed by atoms with Crippen LogP contribution >= 0.6 is 11.6 Å². The predicted molar refractivity (Wildman–Crippen MR) is 84.6 cm³/mol. The lowest BCUT2D eigenvalue weighted by atomic mass is 10.1. The highest BCUT2D eigenvalue weighted by Crippen LogP contribution is 2.31. The molecule has 0 radical (unpaired) electrons. The summed E-state index contributed by atoms with van der Waals surface area (Å²) in [6.07, 6.45) is 0.816. The van der Waals surface area contributed by atoms with Crippen molar-refractivity contribution in [3.8, 4) is 11.5 Å². The minimum Gasteiger partial charge on any atom is -0.456 e. The summed E-state index contributed by atoms with van der Waals surface area (Å²) in [5.74, 6) is 1.24. The Bertz CT molecular complexity index is 684. The Morgan fingerprint density at radius 3 is 2.76 bits per heavy atom. The van der Waals surface area contributed by atoms with Crippen molar-refractivity contribution in [2.45, 2.75) is 20.3 Å². The van der Waals surface area contributed by atoms with Crippen LogP contribution in [0.5, 0.6) is 11.5 Å². The van der Waals surface area contributed by atoms with Crippen molar-refractivity contribution in [1.29, 1.82) is 0 Å². The van der Waals surface area contributed by atoms with E-state index in [-0.39, 0.29) is 5.84 Å². The molecule has 0 saturated heterocycles. The zero-order valence-electron chi connectivity index (χ0n) is 11.9. The Labute approximate surface area is 128 Å². The van der Waals surface area contributed by atoms with Gasteiger partial charge in [-0.2, -0.15) is 0 Å². The monoisotopic (exact) mass is 304 g/mol. The average Bonchev–Trinajstić information content (AvgIpc) is 2.50. The maximum atomic E-state index is 8.88. The van der Waals surface area contributed by atoms with Gasteiger partial charge in [0, 0.05) is 5.02 Å². The van der Waals surface area contributed by atoms with Crippen LogP contribution in [0.25, 0.3) is 0 Å². The van der Waals surface area contributed by atoms with Gasteiger partial charge in [-0.3, -0.25) is 0 Å². The van der Waals surface area contributed by atoms with E-state index < -0.39 is 0 Å². The zero-order chi connectivity index (χ0) is 15.4. The Morgan fingerprint density at radius 2 is 2.10 bits per heavy atom. The van der Waals surface area contributed by atoms with Crippen molar-refractivity contribution in [2.75, 3.05) is 0 Å². The van der Waals surface area contributed by atoms with E-state index in [0.29, 0.717) is 22.1 Å². The molecular weight excluding hydrogens is 288 g/mol. The van der Waals surface area contributed by atoms with Gasteiger partial charge < -0.3 is 15.7 Å². The van der Waals surface area contributed by atoms with Gasteiger partial charge >= 0.3 is 0 Å². The molecule has 4 nitrogen and oxygen atoms in total. The van der Waals surface area contributed by atoms with Crippen LogP contribution in [0.4, 0.5) is 0 Å². The summed E-state index contributed by atoms with van der Waals surface area (Å²) in [5.41, 5.74) is 8.15. The second-order valence-corrected chi connectivity index (χ2v) is 5.05. The highest BCUT2D eigenvalue weighted by Gasteiger charge is 2.12. The zero-order valence-corrected chi connectivity index (χ0v) is 12.7. The van der Waals surface area contributed by atoms with Crippen LogP contribution in [0.1, 0.15) is 23.6 Å². The quantitative estimate of drug-likeness (QED) is 0.387. The van der Waals surface area contributed by atoms with Gasteiger partial charge in [0.2, 0.25) is 0 Å². The van der Waals surface area contributed by atoms with E-state index in [1.807, 2.05) is 32.0 Å². The largest absolute Gasteiger partial charge is 0.456 e. The molecule has 0 bridgehead atoms. The molecule has 0 atom stereocenters. The summed E-state index contributed by atoms with van der Waals surface area (Å²) >= 11 is 6.11. The lowest BCUT2D eigenvalue weighted by molar-refractivity contribution is 0.318. The number of nitrogens with zero attached hydrogens (tertiary/aromatic N) is 1. The number of benzene rings is 2. The molecule has 0 heterocycles.